The Hall–Kier alpha value is -2.22. The van der Waals surface area contributed by atoms with Crippen LogP contribution in [0.25, 0.3) is 0 Å². The molecule has 0 saturated carbocycles. The molecule has 0 aromatic heterocycles. The van der Waals surface area contributed by atoms with Crippen molar-refractivity contribution in [1.29, 1.82) is 0 Å². The Kier molecular flexibility index (Phi) is 3.36. The highest BCUT2D eigenvalue weighted by molar-refractivity contribution is 5.58. The second-order valence-electron chi connectivity index (χ2n) is 3.24. The van der Waals surface area contributed by atoms with Crippen molar-refractivity contribution in [1.82, 2.24) is 0 Å². The minimum atomic E-state index is -0.676. The molecule has 0 spiro atoms. The van der Waals surface area contributed by atoms with Crippen molar-refractivity contribution in [2.45, 2.75) is 12.8 Å². The molecule has 1 aromatic rings. The van der Waals surface area contributed by atoms with Crippen molar-refractivity contribution >= 4 is 5.69 Å². The molecule has 16 heavy (non-hydrogen) atoms. The molecular formula is C11H11NO4. The number of ether oxygens (including phenoxy) is 1. The van der Waals surface area contributed by atoms with Crippen molar-refractivity contribution in [3.05, 3.63) is 27.8 Å². The Morgan fingerprint density at radius 3 is 2.69 bits per heavy atom. The second kappa shape index (κ2) is 4.53. The van der Waals surface area contributed by atoms with E-state index < -0.39 is 16.4 Å². The van der Waals surface area contributed by atoms with E-state index in [1.165, 1.54) is 19.2 Å². The average Bonchev–Trinajstić information content (AvgIpc) is 2.27. The fraction of sp³-hybridized carbons (Fsp3) is 0.273. The standard InChI is InChI=1S/C11H11NO4/c1-4-7(2)8-5-9(12(14)15)11(13)10(6-8)16-3/h1,5-7,13H,2-3H3. The molecule has 5 heteroatoms. The summed E-state index contributed by atoms with van der Waals surface area (Å²) in [7, 11) is 1.32. The number of hydrogen-bond acceptors (Lipinski definition) is 4. The molecular weight excluding hydrogens is 210 g/mol. The van der Waals surface area contributed by atoms with Crippen molar-refractivity contribution in [3.8, 4) is 23.8 Å². The maximum atomic E-state index is 10.7. The van der Waals surface area contributed by atoms with Crippen molar-refractivity contribution < 1.29 is 14.8 Å². The minimum Gasteiger partial charge on any atom is -0.500 e. The van der Waals surface area contributed by atoms with E-state index in [4.69, 9.17) is 11.2 Å². The Morgan fingerprint density at radius 2 is 2.25 bits per heavy atom. The zero-order valence-corrected chi connectivity index (χ0v) is 8.93. The van der Waals surface area contributed by atoms with E-state index in [0.717, 1.165) is 0 Å². The zero-order valence-electron chi connectivity index (χ0n) is 8.93. The summed E-state index contributed by atoms with van der Waals surface area (Å²) in [5, 5.41) is 20.2. The normalized spacial score (nSPS) is 11.6. The fourth-order valence-electron chi connectivity index (χ4n) is 1.25. The molecule has 1 atom stereocenters. The highest BCUT2D eigenvalue weighted by Gasteiger charge is 2.21. The molecule has 1 N–H and O–H groups in total. The Balaban J connectivity index is 3.41. The molecule has 0 aliphatic rings. The van der Waals surface area contributed by atoms with Gasteiger partial charge in [-0.15, -0.1) is 6.42 Å². The van der Waals surface area contributed by atoms with Crippen LogP contribution in [0.2, 0.25) is 0 Å². The van der Waals surface area contributed by atoms with Gasteiger partial charge >= 0.3 is 5.69 Å². The number of nitrogens with zero attached hydrogens (tertiary/aromatic N) is 1. The van der Waals surface area contributed by atoms with Crippen LogP contribution in [0.15, 0.2) is 12.1 Å². The van der Waals surface area contributed by atoms with Crippen LogP contribution in [0.5, 0.6) is 11.5 Å². The lowest BCUT2D eigenvalue weighted by atomic mass is 10.0. The smallest absolute Gasteiger partial charge is 0.314 e. The van der Waals surface area contributed by atoms with Crippen LogP contribution >= 0.6 is 0 Å². The van der Waals surface area contributed by atoms with E-state index in [1.807, 2.05) is 0 Å². The van der Waals surface area contributed by atoms with Gasteiger partial charge in [-0.1, -0.05) is 5.92 Å². The van der Waals surface area contributed by atoms with Crippen LogP contribution in [0.4, 0.5) is 5.69 Å². The van der Waals surface area contributed by atoms with E-state index >= 15 is 0 Å². The second-order valence-corrected chi connectivity index (χ2v) is 3.24. The van der Waals surface area contributed by atoms with Gasteiger partial charge in [0.2, 0.25) is 5.75 Å². The predicted molar refractivity (Wildman–Crippen MR) is 58.6 cm³/mol. The van der Waals surface area contributed by atoms with Crippen LogP contribution in [0.1, 0.15) is 18.4 Å². The molecule has 0 heterocycles. The molecule has 0 aliphatic carbocycles. The number of terminal acetylenes is 1. The Labute approximate surface area is 92.8 Å². The largest absolute Gasteiger partial charge is 0.500 e. The fourth-order valence-corrected chi connectivity index (χ4v) is 1.25. The molecule has 0 radical (unpaired) electrons. The van der Waals surface area contributed by atoms with Crippen LogP contribution in [-0.2, 0) is 0 Å². The molecule has 0 fully saturated rings. The molecule has 1 rings (SSSR count). The highest BCUT2D eigenvalue weighted by atomic mass is 16.6. The molecule has 1 unspecified atom stereocenters. The monoisotopic (exact) mass is 221 g/mol. The number of nitro groups is 1. The van der Waals surface area contributed by atoms with Crippen LogP contribution in [-0.4, -0.2) is 17.1 Å². The third-order valence-corrected chi connectivity index (χ3v) is 2.24. The number of hydrogen-bond donors (Lipinski definition) is 1. The van der Waals surface area contributed by atoms with Gasteiger partial charge < -0.3 is 9.84 Å². The highest BCUT2D eigenvalue weighted by Crippen LogP contribution is 2.38. The van der Waals surface area contributed by atoms with Gasteiger partial charge in [0.1, 0.15) is 0 Å². The number of methoxy groups -OCH3 is 1. The summed E-state index contributed by atoms with van der Waals surface area (Å²) in [4.78, 5) is 10.0. The third-order valence-electron chi connectivity index (χ3n) is 2.24. The summed E-state index contributed by atoms with van der Waals surface area (Å²) in [5.41, 5.74) is 0.153. The molecule has 84 valence electrons. The quantitative estimate of drug-likeness (QED) is 0.481. The summed E-state index contributed by atoms with van der Waals surface area (Å²) >= 11 is 0. The van der Waals surface area contributed by atoms with E-state index in [-0.39, 0.29) is 11.7 Å². The lowest BCUT2D eigenvalue weighted by Crippen LogP contribution is -1.97. The molecule has 0 bridgehead atoms. The van der Waals surface area contributed by atoms with Crippen molar-refractivity contribution in [2.24, 2.45) is 0 Å². The van der Waals surface area contributed by atoms with E-state index in [9.17, 15) is 15.2 Å². The number of benzene rings is 1. The lowest BCUT2D eigenvalue weighted by molar-refractivity contribution is -0.386. The van der Waals surface area contributed by atoms with Crippen LogP contribution in [0.3, 0.4) is 0 Å². The summed E-state index contributed by atoms with van der Waals surface area (Å²) < 4.78 is 4.85. The first-order valence-corrected chi connectivity index (χ1v) is 4.52. The number of phenolic OH excluding ortho intramolecular Hbond substituents is 1. The lowest BCUT2D eigenvalue weighted by Gasteiger charge is -2.09. The number of aromatic hydroxyl groups is 1. The summed E-state index contributed by atoms with van der Waals surface area (Å²) in [6.45, 7) is 1.73. The van der Waals surface area contributed by atoms with E-state index in [0.29, 0.717) is 5.56 Å². The molecule has 0 amide bonds. The first-order chi connectivity index (χ1) is 7.51. The maximum Gasteiger partial charge on any atom is 0.314 e. The van der Waals surface area contributed by atoms with Gasteiger partial charge in [-0.25, -0.2) is 0 Å². The van der Waals surface area contributed by atoms with Crippen LogP contribution < -0.4 is 4.74 Å². The average molecular weight is 221 g/mol. The van der Waals surface area contributed by atoms with Gasteiger partial charge in [-0.2, -0.15) is 0 Å². The van der Waals surface area contributed by atoms with Gasteiger partial charge in [0, 0.05) is 12.0 Å². The van der Waals surface area contributed by atoms with E-state index in [2.05, 4.69) is 5.92 Å². The molecule has 1 aromatic carbocycles. The van der Waals surface area contributed by atoms with Gasteiger partial charge in [0.25, 0.3) is 0 Å². The predicted octanol–water partition coefficient (Wildman–Crippen LogP) is 2.05. The Morgan fingerprint density at radius 1 is 1.62 bits per heavy atom. The van der Waals surface area contributed by atoms with Crippen LogP contribution in [0, 0.1) is 22.5 Å². The van der Waals surface area contributed by atoms with Crippen molar-refractivity contribution in [2.75, 3.05) is 7.11 Å². The minimum absolute atomic E-state index is 0.0475. The van der Waals surface area contributed by atoms with Gasteiger partial charge in [0.15, 0.2) is 5.75 Å². The topological polar surface area (TPSA) is 72.6 Å². The molecule has 5 nitrogen and oxygen atoms in total. The first kappa shape index (κ1) is 11.9. The number of rotatable bonds is 3. The molecule has 0 saturated heterocycles. The van der Waals surface area contributed by atoms with Gasteiger partial charge in [0.05, 0.1) is 12.0 Å². The van der Waals surface area contributed by atoms with Gasteiger partial charge in [-0.3, -0.25) is 10.1 Å². The SMILES string of the molecule is C#CC(C)c1cc(OC)c(O)c([N+](=O)[O-])c1. The number of nitro benzene ring substituents is 1. The van der Waals surface area contributed by atoms with E-state index in [1.54, 1.807) is 6.92 Å². The summed E-state index contributed by atoms with van der Waals surface area (Å²) in [6.07, 6.45) is 5.24. The first-order valence-electron chi connectivity index (χ1n) is 4.52. The van der Waals surface area contributed by atoms with Gasteiger partial charge in [-0.05, 0) is 18.6 Å². The van der Waals surface area contributed by atoms with Crippen molar-refractivity contribution in [3.63, 3.8) is 0 Å². The third kappa shape index (κ3) is 2.06. The molecule has 0 aliphatic heterocycles. The maximum absolute atomic E-state index is 10.7. The number of phenols is 1. The summed E-state index contributed by atoms with van der Waals surface area (Å²) in [6, 6.07) is 2.75. The summed E-state index contributed by atoms with van der Waals surface area (Å²) in [5.74, 6) is 1.74. The Bertz CT molecular complexity index is 462. The zero-order chi connectivity index (χ0) is 12.3.